The molecule has 1 aromatic rings. The second-order valence-corrected chi connectivity index (χ2v) is 7.84. The Morgan fingerprint density at radius 3 is 2.93 bits per heavy atom. The van der Waals surface area contributed by atoms with E-state index in [2.05, 4.69) is 0 Å². The smallest absolute Gasteiger partial charge is 0.534 e. The molecule has 10 heteroatoms. The number of carboxylic acid groups (broad SMARTS) is 1. The van der Waals surface area contributed by atoms with E-state index >= 15 is 0 Å². The molecule has 8 nitrogen and oxygen atoms in total. The minimum Gasteiger partial charge on any atom is -0.534 e. The van der Waals surface area contributed by atoms with Gasteiger partial charge in [-0.2, -0.15) is 0 Å². The zero-order chi connectivity index (χ0) is 19.6. The normalized spacial score (nSPS) is 21.6. The maximum atomic E-state index is 12.5. The number of aromatic carboxylic acids is 1. The average molecular weight is 394 g/mol. The molecule has 2 heterocycles. The Balaban J connectivity index is 1.69. The van der Waals surface area contributed by atoms with Gasteiger partial charge in [-0.3, -0.25) is 4.79 Å². The molecule has 0 saturated carbocycles. The quantitative estimate of drug-likeness (QED) is 0.593. The summed E-state index contributed by atoms with van der Waals surface area (Å²) >= 11 is 1.32. The van der Waals surface area contributed by atoms with Crippen LogP contribution in [-0.4, -0.2) is 71.2 Å². The van der Waals surface area contributed by atoms with Crippen LogP contribution in [0.3, 0.4) is 0 Å². The predicted octanol–water partition coefficient (Wildman–Crippen LogP) is 0.400. The summed E-state index contributed by atoms with van der Waals surface area (Å²) in [6, 6.07) is 3.40. The van der Waals surface area contributed by atoms with Crippen LogP contribution in [0.1, 0.15) is 28.8 Å². The summed E-state index contributed by atoms with van der Waals surface area (Å²) < 4.78 is 10.6. The molecule has 2 atom stereocenters. The number of likely N-dealkylation sites (tertiary alicyclic amines) is 1. The highest BCUT2D eigenvalue weighted by molar-refractivity contribution is 8.01. The first kappa shape index (κ1) is 19.8. The molecule has 1 aromatic carbocycles. The van der Waals surface area contributed by atoms with Gasteiger partial charge in [-0.15, -0.1) is 11.8 Å². The number of rotatable bonds is 6. The maximum absolute atomic E-state index is 12.5. The molecule has 1 fully saturated rings. The second kappa shape index (κ2) is 8.41. The van der Waals surface area contributed by atoms with Crippen molar-refractivity contribution >= 4 is 30.8 Å². The van der Waals surface area contributed by atoms with E-state index in [-0.39, 0.29) is 39.9 Å². The molecule has 4 N–H and O–H groups in total. The first-order valence-corrected chi connectivity index (χ1v) is 9.90. The van der Waals surface area contributed by atoms with E-state index in [1.807, 2.05) is 4.90 Å². The Hall–Kier alpha value is -1.91. The fourth-order valence-electron chi connectivity index (χ4n) is 3.60. The standard InChI is InChI=1S/C17H23BN2O6S/c1-25-12-5-4-10-7-13(18(24)26-16(10)15(12)17(22)23)27-9-14(21)20-6-2-3-11(20)8-19/h4-5,11,13,24H,2-3,6-9,19H2,1H3,(H,22,23)/t11?,13-/m0/s1. The van der Waals surface area contributed by atoms with Crippen molar-refractivity contribution in [2.24, 2.45) is 5.73 Å². The van der Waals surface area contributed by atoms with E-state index in [9.17, 15) is 19.7 Å². The van der Waals surface area contributed by atoms with Crippen LogP contribution in [0.5, 0.6) is 11.5 Å². The molecule has 0 spiro atoms. The topological polar surface area (TPSA) is 122 Å². The maximum Gasteiger partial charge on any atom is 0.536 e. The van der Waals surface area contributed by atoms with Gasteiger partial charge in [0.1, 0.15) is 17.1 Å². The Morgan fingerprint density at radius 1 is 1.48 bits per heavy atom. The first-order valence-electron chi connectivity index (χ1n) is 8.85. The molecular formula is C17H23BN2O6S. The van der Waals surface area contributed by atoms with Crippen molar-refractivity contribution in [2.45, 2.75) is 30.5 Å². The predicted molar refractivity (Wildman–Crippen MR) is 102 cm³/mol. The van der Waals surface area contributed by atoms with Gasteiger partial charge < -0.3 is 30.2 Å². The van der Waals surface area contributed by atoms with E-state index in [0.717, 1.165) is 19.4 Å². The van der Waals surface area contributed by atoms with Gasteiger partial charge in [0, 0.05) is 19.1 Å². The molecule has 0 aliphatic carbocycles. The highest BCUT2D eigenvalue weighted by Crippen LogP contribution is 2.38. The monoisotopic (exact) mass is 394 g/mol. The molecule has 146 valence electrons. The molecule has 0 aromatic heterocycles. The van der Waals surface area contributed by atoms with Crippen LogP contribution in [0.15, 0.2) is 12.1 Å². The molecule has 1 amide bonds. The number of hydrogen-bond donors (Lipinski definition) is 3. The van der Waals surface area contributed by atoms with Crippen molar-refractivity contribution in [3.8, 4) is 11.5 Å². The van der Waals surface area contributed by atoms with Crippen LogP contribution >= 0.6 is 11.8 Å². The largest absolute Gasteiger partial charge is 0.536 e. The van der Waals surface area contributed by atoms with Crippen LogP contribution in [0.25, 0.3) is 0 Å². The first-order chi connectivity index (χ1) is 13.0. The van der Waals surface area contributed by atoms with Crippen molar-refractivity contribution in [1.82, 2.24) is 4.90 Å². The van der Waals surface area contributed by atoms with Crippen LogP contribution in [-0.2, 0) is 11.2 Å². The summed E-state index contributed by atoms with van der Waals surface area (Å²) in [6.07, 6.45) is 2.29. The number of amides is 1. The highest BCUT2D eigenvalue weighted by Gasteiger charge is 2.39. The summed E-state index contributed by atoms with van der Waals surface area (Å²) in [4.78, 5) is 25.8. The summed E-state index contributed by atoms with van der Waals surface area (Å²) in [5, 5.41) is 19.4. The number of benzene rings is 1. The molecule has 27 heavy (non-hydrogen) atoms. The second-order valence-electron chi connectivity index (χ2n) is 6.62. The van der Waals surface area contributed by atoms with Crippen LogP contribution in [0.2, 0.25) is 0 Å². The number of nitrogens with two attached hydrogens (primary N) is 1. The number of thioether (sulfide) groups is 1. The molecule has 1 unspecified atom stereocenters. The summed E-state index contributed by atoms with van der Waals surface area (Å²) in [6.45, 7) is 1.17. The van der Waals surface area contributed by atoms with Gasteiger partial charge in [0.25, 0.3) is 0 Å². The lowest BCUT2D eigenvalue weighted by molar-refractivity contribution is -0.128. The number of carboxylic acids is 1. The number of ether oxygens (including phenoxy) is 1. The van der Waals surface area contributed by atoms with Gasteiger partial charge in [-0.05, 0) is 30.9 Å². The van der Waals surface area contributed by atoms with Gasteiger partial charge in [-0.1, -0.05) is 6.07 Å². The van der Waals surface area contributed by atoms with Gasteiger partial charge in [0.05, 0.1) is 18.0 Å². The van der Waals surface area contributed by atoms with E-state index in [4.69, 9.17) is 15.1 Å². The third kappa shape index (κ3) is 4.02. The Labute approximate surface area is 162 Å². The fourth-order valence-corrected chi connectivity index (χ4v) is 4.64. The molecule has 2 aliphatic heterocycles. The Bertz CT molecular complexity index is 734. The third-order valence-electron chi connectivity index (χ3n) is 5.00. The number of methoxy groups -OCH3 is 1. The lowest BCUT2D eigenvalue weighted by Crippen LogP contribution is -2.44. The lowest BCUT2D eigenvalue weighted by Gasteiger charge is -2.29. The third-order valence-corrected chi connectivity index (χ3v) is 6.24. The number of fused-ring (bicyclic) bond motifs is 1. The van der Waals surface area contributed by atoms with E-state index in [0.29, 0.717) is 18.5 Å². The Morgan fingerprint density at radius 2 is 2.26 bits per heavy atom. The van der Waals surface area contributed by atoms with Crippen molar-refractivity contribution in [2.75, 3.05) is 26.0 Å². The van der Waals surface area contributed by atoms with Crippen molar-refractivity contribution in [3.63, 3.8) is 0 Å². The number of nitrogens with zero attached hydrogens (tertiary/aromatic N) is 1. The molecule has 0 bridgehead atoms. The van der Waals surface area contributed by atoms with Gasteiger partial charge in [0.15, 0.2) is 0 Å². The van der Waals surface area contributed by atoms with Crippen molar-refractivity contribution < 1.29 is 29.1 Å². The van der Waals surface area contributed by atoms with Crippen LogP contribution < -0.4 is 15.1 Å². The molecule has 3 rings (SSSR count). The van der Waals surface area contributed by atoms with E-state index < -0.39 is 13.1 Å². The molecular weight excluding hydrogens is 371 g/mol. The van der Waals surface area contributed by atoms with Gasteiger partial charge in [0.2, 0.25) is 5.91 Å². The van der Waals surface area contributed by atoms with Crippen LogP contribution in [0, 0.1) is 0 Å². The highest BCUT2D eigenvalue weighted by atomic mass is 32.2. The van der Waals surface area contributed by atoms with Crippen molar-refractivity contribution in [1.29, 1.82) is 0 Å². The summed E-state index contributed by atoms with van der Waals surface area (Å²) in [5.41, 5.74) is 6.29. The molecule has 2 aliphatic rings. The minimum atomic E-state index is -1.20. The minimum absolute atomic E-state index is 0.00639. The lowest BCUT2D eigenvalue weighted by atomic mass is 9.77. The molecule has 0 radical (unpaired) electrons. The van der Waals surface area contributed by atoms with Gasteiger partial charge >= 0.3 is 13.1 Å². The number of carbonyl (C=O) groups is 2. The van der Waals surface area contributed by atoms with E-state index in [1.165, 1.54) is 18.9 Å². The summed E-state index contributed by atoms with van der Waals surface area (Å²) in [7, 11) is 0.175. The SMILES string of the molecule is COc1ccc2c(c1C(=O)O)OB(O)[C@@H](SCC(=O)N1CCCC1CN)C2. The molecule has 1 saturated heterocycles. The number of carbonyl (C=O) groups excluding carboxylic acids is 1. The average Bonchev–Trinajstić information content (AvgIpc) is 3.13. The zero-order valence-electron chi connectivity index (χ0n) is 15.1. The zero-order valence-corrected chi connectivity index (χ0v) is 15.9. The summed E-state index contributed by atoms with van der Waals surface area (Å²) in [5.74, 6) is -0.651. The van der Waals surface area contributed by atoms with E-state index in [1.54, 1.807) is 12.1 Å². The van der Waals surface area contributed by atoms with Crippen LogP contribution in [0.4, 0.5) is 0 Å². The van der Waals surface area contributed by atoms with Crippen molar-refractivity contribution in [3.05, 3.63) is 23.3 Å². The Kier molecular flexibility index (Phi) is 6.18. The number of hydrogen-bond acceptors (Lipinski definition) is 7. The fraction of sp³-hybridized carbons (Fsp3) is 0.529. The van der Waals surface area contributed by atoms with Gasteiger partial charge in [-0.25, -0.2) is 4.79 Å².